The van der Waals surface area contributed by atoms with Crippen LogP contribution in [0.1, 0.15) is 30.1 Å². The van der Waals surface area contributed by atoms with Gasteiger partial charge >= 0.3 is 0 Å². The van der Waals surface area contributed by atoms with E-state index in [1.165, 1.54) is 24.1 Å². The van der Waals surface area contributed by atoms with Crippen molar-refractivity contribution < 1.29 is 0 Å². The minimum absolute atomic E-state index is 0.655. The third-order valence-corrected chi connectivity index (χ3v) is 3.55. The monoisotopic (exact) mass is 174 g/mol. The Kier molecular flexibility index (Phi) is 1.47. The van der Waals surface area contributed by atoms with Gasteiger partial charge in [0.15, 0.2) is 0 Å². The number of fused-ring (bicyclic) bond motifs is 4. The predicted molar refractivity (Wildman–Crippen MR) is 51.5 cm³/mol. The normalized spacial score (nSPS) is 31.8. The Morgan fingerprint density at radius 2 is 2.38 bits per heavy atom. The van der Waals surface area contributed by atoms with Crippen LogP contribution < -0.4 is 0 Å². The van der Waals surface area contributed by atoms with E-state index in [0.717, 1.165) is 12.5 Å². The van der Waals surface area contributed by atoms with E-state index in [4.69, 9.17) is 0 Å². The Labute approximate surface area is 78.6 Å². The first-order valence-electron chi connectivity index (χ1n) is 5.02. The number of aromatic nitrogens is 1. The van der Waals surface area contributed by atoms with Crippen LogP contribution in [0.15, 0.2) is 18.3 Å². The molecule has 2 atom stereocenters. The molecule has 0 amide bonds. The molecule has 2 heteroatoms. The summed E-state index contributed by atoms with van der Waals surface area (Å²) in [5, 5.41) is 0. The molecule has 0 saturated carbocycles. The zero-order valence-corrected chi connectivity index (χ0v) is 7.90. The van der Waals surface area contributed by atoms with Crippen molar-refractivity contribution in [3.8, 4) is 0 Å². The molecule has 2 aliphatic heterocycles. The largest absolute Gasteiger partial charge is 0.296 e. The standard InChI is InChI=1S/C11H14N2/c1-13-8-4-5-11(13)9-3-2-6-12-10(9)7-8/h2-3,6,8,11H,4-5,7H2,1H3. The molecule has 2 aliphatic rings. The number of pyridine rings is 1. The summed E-state index contributed by atoms with van der Waals surface area (Å²) in [6.07, 6.45) is 5.74. The molecule has 1 aromatic rings. The van der Waals surface area contributed by atoms with Crippen LogP contribution in [0.25, 0.3) is 0 Å². The lowest BCUT2D eigenvalue weighted by Gasteiger charge is -2.32. The maximum absolute atomic E-state index is 4.47. The molecule has 3 heterocycles. The average molecular weight is 174 g/mol. The van der Waals surface area contributed by atoms with Gasteiger partial charge in [0.2, 0.25) is 0 Å². The van der Waals surface area contributed by atoms with E-state index >= 15 is 0 Å². The van der Waals surface area contributed by atoms with Crippen LogP contribution in [-0.2, 0) is 6.42 Å². The number of hydrogen-bond acceptors (Lipinski definition) is 2. The molecule has 68 valence electrons. The van der Waals surface area contributed by atoms with Crippen LogP contribution in [-0.4, -0.2) is 23.0 Å². The van der Waals surface area contributed by atoms with Gasteiger partial charge < -0.3 is 0 Å². The highest BCUT2D eigenvalue weighted by Crippen LogP contribution is 2.41. The summed E-state index contributed by atoms with van der Waals surface area (Å²) < 4.78 is 0. The van der Waals surface area contributed by atoms with E-state index < -0.39 is 0 Å². The molecule has 2 unspecified atom stereocenters. The van der Waals surface area contributed by atoms with Crippen LogP contribution in [0.4, 0.5) is 0 Å². The van der Waals surface area contributed by atoms with E-state index in [-0.39, 0.29) is 0 Å². The molecular weight excluding hydrogens is 160 g/mol. The molecular formula is C11H14N2. The fourth-order valence-electron chi connectivity index (χ4n) is 2.78. The first-order chi connectivity index (χ1) is 6.36. The third-order valence-electron chi connectivity index (χ3n) is 3.55. The molecule has 1 saturated heterocycles. The lowest BCUT2D eigenvalue weighted by molar-refractivity contribution is 0.222. The SMILES string of the molecule is CN1C2CCC1c1cccnc1C2. The van der Waals surface area contributed by atoms with Gasteiger partial charge in [-0.25, -0.2) is 0 Å². The second-order valence-corrected chi connectivity index (χ2v) is 4.16. The Morgan fingerprint density at radius 3 is 3.31 bits per heavy atom. The number of rotatable bonds is 0. The maximum atomic E-state index is 4.47. The summed E-state index contributed by atoms with van der Waals surface area (Å²) in [7, 11) is 2.25. The fraction of sp³-hybridized carbons (Fsp3) is 0.545. The van der Waals surface area contributed by atoms with Gasteiger partial charge in [-0.05, 0) is 31.5 Å². The summed E-state index contributed by atoms with van der Waals surface area (Å²) in [6, 6.07) is 5.71. The summed E-state index contributed by atoms with van der Waals surface area (Å²) in [4.78, 5) is 6.99. The minimum atomic E-state index is 0.655. The van der Waals surface area contributed by atoms with E-state index in [1.807, 2.05) is 6.20 Å². The Hall–Kier alpha value is -0.890. The van der Waals surface area contributed by atoms with Crippen molar-refractivity contribution in [2.24, 2.45) is 0 Å². The van der Waals surface area contributed by atoms with Crippen molar-refractivity contribution >= 4 is 0 Å². The molecule has 2 bridgehead atoms. The minimum Gasteiger partial charge on any atom is -0.296 e. The number of likely N-dealkylation sites (N-methyl/N-ethyl adjacent to an activating group) is 1. The second kappa shape index (κ2) is 2.55. The topological polar surface area (TPSA) is 16.1 Å². The van der Waals surface area contributed by atoms with Crippen molar-refractivity contribution in [2.75, 3.05) is 7.05 Å². The van der Waals surface area contributed by atoms with Crippen molar-refractivity contribution in [3.63, 3.8) is 0 Å². The highest BCUT2D eigenvalue weighted by molar-refractivity contribution is 5.29. The quantitative estimate of drug-likeness (QED) is 0.596. The Balaban J connectivity index is 2.12. The molecule has 0 spiro atoms. The zero-order valence-electron chi connectivity index (χ0n) is 7.90. The maximum Gasteiger partial charge on any atom is 0.0467 e. The second-order valence-electron chi connectivity index (χ2n) is 4.16. The van der Waals surface area contributed by atoms with E-state index in [2.05, 4.69) is 29.1 Å². The molecule has 1 aromatic heterocycles. The summed E-state index contributed by atoms with van der Waals surface area (Å²) >= 11 is 0. The van der Waals surface area contributed by atoms with Gasteiger partial charge in [-0.1, -0.05) is 6.07 Å². The van der Waals surface area contributed by atoms with Crippen molar-refractivity contribution in [2.45, 2.75) is 31.3 Å². The van der Waals surface area contributed by atoms with Crippen LogP contribution in [0.2, 0.25) is 0 Å². The van der Waals surface area contributed by atoms with Gasteiger partial charge in [0.25, 0.3) is 0 Å². The molecule has 1 fully saturated rings. The molecule has 0 radical (unpaired) electrons. The summed E-state index contributed by atoms with van der Waals surface area (Å²) in [5.74, 6) is 0. The predicted octanol–water partition coefficient (Wildman–Crippen LogP) is 1.77. The molecule has 3 rings (SSSR count). The molecule has 0 aliphatic carbocycles. The van der Waals surface area contributed by atoms with Gasteiger partial charge in [-0.15, -0.1) is 0 Å². The Morgan fingerprint density at radius 1 is 1.46 bits per heavy atom. The van der Waals surface area contributed by atoms with Crippen molar-refractivity contribution in [3.05, 3.63) is 29.6 Å². The Bertz CT molecular complexity index is 335. The van der Waals surface area contributed by atoms with Crippen LogP contribution in [0, 0.1) is 0 Å². The molecule has 2 nitrogen and oxygen atoms in total. The van der Waals surface area contributed by atoms with Gasteiger partial charge in [0, 0.05) is 30.4 Å². The van der Waals surface area contributed by atoms with Gasteiger partial charge in [0.05, 0.1) is 0 Å². The van der Waals surface area contributed by atoms with Crippen LogP contribution in [0.5, 0.6) is 0 Å². The molecule has 0 aromatic carbocycles. The molecule has 13 heavy (non-hydrogen) atoms. The first-order valence-corrected chi connectivity index (χ1v) is 5.02. The van der Waals surface area contributed by atoms with E-state index in [1.54, 1.807) is 0 Å². The van der Waals surface area contributed by atoms with Crippen molar-refractivity contribution in [1.82, 2.24) is 9.88 Å². The van der Waals surface area contributed by atoms with E-state index in [9.17, 15) is 0 Å². The lowest BCUT2D eigenvalue weighted by Crippen LogP contribution is -2.34. The summed E-state index contributed by atoms with van der Waals surface area (Å²) in [5.41, 5.74) is 2.81. The molecule has 0 N–H and O–H groups in total. The average Bonchev–Trinajstić information content (AvgIpc) is 2.43. The van der Waals surface area contributed by atoms with Gasteiger partial charge in [0.1, 0.15) is 0 Å². The number of hydrogen-bond donors (Lipinski definition) is 0. The van der Waals surface area contributed by atoms with Crippen molar-refractivity contribution in [1.29, 1.82) is 0 Å². The highest BCUT2D eigenvalue weighted by atomic mass is 15.2. The smallest absolute Gasteiger partial charge is 0.0467 e. The van der Waals surface area contributed by atoms with Gasteiger partial charge in [-0.2, -0.15) is 0 Å². The zero-order chi connectivity index (χ0) is 8.84. The van der Waals surface area contributed by atoms with Crippen LogP contribution in [0.3, 0.4) is 0 Å². The van der Waals surface area contributed by atoms with Gasteiger partial charge in [-0.3, -0.25) is 9.88 Å². The first kappa shape index (κ1) is 7.51. The third kappa shape index (κ3) is 0.953. The fourth-order valence-corrected chi connectivity index (χ4v) is 2.78. The lowest BCUT2D eigenvalue weighted by atomic mass is 9.99. The highest BCUT2D eigenvalue weighted by Gasteiger charge is 2.37. The summed E-state index contributed by atoms with van der Waals surface area (Å²) in [6.45, 7) is 0. The number of nitrogens with zero attached hydrogens (tertiary/aromatic N) is 2. The van der Waals surface area contributed by atoms with Crippen LogP contribution >= 0.6 is 0 Å². The van der Waals surface area contributed by atoms with E-state index in [0.29, 0.717) is 6.04 Å².